The van der Waals surface area contributed by atoms with Gasteiger partial charge >= 0.3 is 12.0 Å². The van der Waals surface area contributed by atoms with Crippen LogP contribution in [0.5, 0.6) is 0 Å². The van der Waals surface area contributed by atoms with Gasteiger partial charge in [-0.3, -0.25) is 14.6 Å². The number of piperazine rings is 1. The fourth-order valence-electron chi connectivity index (χ4n) is 4.78. The van der Waals surface area contributed by atoms with Crippen LogP contribution in [0.15, 0.2) is 59.8 Å². The Hall–Kier alpha value is -3.43. The smallest absolute Gasteiger partial charge is 0.338 e. The predicted molar refractivity (Wildman–Crippen MR) is 137 cm³/mol. The monoisotopic (exact) mass is 528 g/mol. The molecule has 1 saturated heterocycles. The molecule has 3 amide bonds. The van der Waals surface area contributed by atoms with Crippen molar-refractivity contribution in [1.29, 1.82) is 0 Å². The zero-order valence-electron chi connectivity index (χ0n) is 21.0. The van der Waals surface area contributed by atoms with Crippen LogP contribution in [0.1, 0.15) is 35.8 Å². The normalized spacial score (nSPS) is 20.6. The average molecular weight is 529 g/mol. The number of esters is 1. The van der Waals surface area contributed by atoms with Crippen LogP contribution in [-0.2, 0) is 9.53 Å². The van der Waals surface area contributed by atoms with Crippen molar-refractivity contribution < 1.29 is 23.5 Å². The first-order chi connectivity index (χ1) is 17.7. The Labute approximate surface area is 220 Å². The lowest BCUT2D eigenvalue weighted by Gasteiger charge is -2.42. The first-order valence-corrected chi connectivity index (χ1v) is 12.6. The highest BCUT2D eigenvalue weighted by atomic mass is 35.5. The molecule has 0 saturated carbocycles. The van der Waals surface area contributed by atoms with E-state index < -0.39 is 17.8 Å². The van der Waals surface area contributed by atoms with Gasteiger partial charge in [0.1, 0.15) is 5.82 Å². The third-order valence-corrected chi connectivity index (χ3v) is 6.94. The van der Waals surface area contributed by atoms with Gasteiger partial charge in [0.05, 0.1) is 18.2 Å². The molecular formula is C27H30ClFN4O4. The van der Waals surface area contributed by atoms with Crippen molar-refractivity contribution in [2.45, 2.75) is 25.9 Å². The summed E-state index contributed by atoms with van der Waals surface area (Å²) in [6.45, 7) is 5.63. The summed E-state index contributed by atoms with van der Waals surface area (Å²) < 4.78 is 19.0. The molecule has 2 aromatic rings. The quantitative estimate of drug-likeness (QED) is 0.576. The first kappa shape index (κ1) is 26.6. The SMILES string of the molecule is CCOC(=O)C1=C(CN2CCN(C(=O)c3cccc(F)c3)C(C)C2)N(C)C(=O)NC1c1ccc(Cl)cc1. The highest BCUT2D eigenvalue weighted by molar-refractivity contribution is 6.30. The fraction of sp³-hybridized carbons (Fsp3) is 0.370. The van der Waals surface area contributed by atoms with Crippen molar-refractivity contribution in [3.8, 4) is 0 Å². The molecule has 2 aliphatic rings. The van der Waals surface area contributed by atoms with Crippen molar-refractivity contribution in [2.24, 2.45) is 0 Å². The van der Waals surface area contributed by atoms with Crippen molar-refractivity contribution in [1.82, 2.24) is 20.0 Å². The molecule has 2 unspecified atom stereocenters. The molecule has 2 atom stereocenters. The lowest BCUT2D eigenvalue weighted by molar-refractivity contribution is -0.139. The van der Waals surface area contributed by atoms with Gasteiger partial charge < -0.3 is 15.0 Å². The van der Waals surface area contributed by atoms with Crippen molar-refractivity contribution in [3.05, 3.63) is 81.8 Å². The van der Waals surface area contributed by atoms with E-state index in [9.17, 15) is 18.8 Å². The van der Waals surface area contributed by atoms with E-state index in [4.69, 9.17) is 16.3 Å². The molecule has 37 heavy (non-hydrogen) atoms. The minimum absolute atomic E-state index is 0.161. The molecule has 0 spiro atoms. The Kier molecular flexibility index (Phi) is 8.14. The van der Waals surface area contributed by atoms with Crippen molar-refractivity contribution in [2.75, 3.05) is 39.8 Å². The van der Waals surface area contributed by atoms with Gasteiger partial charge in [0.2, 0.25) is 0 Å². The second kappa shape index (κ2) is 11.3. The number of halogens is 2. The van der Waals surface area contributed by atoms with Gasteiger partial charge in [0.25, 0.3) is 5.91 Å². The second-order valence-corrected chi connectivity index (χ2v) is 9.60. The minimum atomic E-state index is -0.691. The Morgan fingerprint density at radius 2 is 1.89 bits per heavy atom. The summed E-state index contributed by atoms with van der Waals surface area (Å²) in [6, 6.07) is 11.4. The zero-order valence-corrected chi connectivity index (χ0v) is 21.8. The molecule has 0 bridgehead atoms. The second-order valence-electron chi connectivity index (χ2n) is 9.17. The molecular weight excluding hydrogens is 499 g/mol. The summed E-state index contributed by atoms with van der Waals surface area (Å²) in [5.74, 6) is -1.18. The first-order valence-electron chi connectivity index (χ1n) is 12.2. The third-order valence-electron chi connectivity index (χ3n) is 6.69. The summed E-state index contributed by atoms with van der Waals surface area (Å²) >= 11 is 6.05. The number of carbonyl (C=O) groups excluding carboxylic acids is 3. The standard InChI is InChI=1S/C27H30ClFN4O4/c1-4-37-26(35)23-22(31(3)27(36)30-24(23)18-8-10-20(28)11-9-18)16-32-12-13-33(17(2)15-32)25(34)19-6-5-7-21(29)14-19/h5-11,14,17,24H,4,12-13,15-16H2,1-3H3,(H,30,36). The maximum absolute atomic E-state index is 13.6. The predicted octanol–water partition coefficient (Wildman–Crippen LogP) is 3.84. The maximum Gasteiger partial charge on any atom is 0.338 e. The Morgan fingerprint density at radius 1 is 1.16 bits per heavy atom. The number of urea groups is 1. The van der Waals surface area contributed by atoms with Gasteiger partial charge in [-0.05, 0) is 49.7 Å². The van der Waals surface area contributed by atoms with E-state index in [-0.39, 0.29) is 24.6 Å². The van der Waals surface area contributed by atoms with Crippen molar-refractivity contribution in [3.63, 3.8) is 0 Å². The van der Waals surface area contributed by atoms with Gasteiger partial charge in [-0.1, -0.05) is 29.8 Å². The number of ether oxygens (including phenoxy) is 1. The molecule has 2 heterocycles. The van der Waals surface area contributed by atoms with E-state index in [1.54, 1.807) is 49.2 Å². The Balaban J connectivity index is 1.59. The van der Waals surface area contributed by atoms with Crippen LogP contribution in [0.2, 0.25) is 5.02 Å². The van der Waals surface area contributed by atoms with Crippen LogP contribution in [0.25, 0.3) is 0 Å². The van der Waals surface area contributed by atoms with E-state index >= 15 is 0 Å². The molecule has 4 rings (SSSR count). The average Bonchev–Trinajstić information content (AvgIpc) is 2.87. The van der Waals surface area contributed by atoms with Gasteiger partial charge in [0.15, 0.2) is 0 Å². The highest BCUT2D eigenvalue weighted by Crippen LogP contribution is 2.32. The van der Waals surface area contributed by atoms with Gasteiger partial charge in [-0.15, -0.1) is 0 Å². The largest absolute Gasteiger partial charge is 0.463 e. The van der Waals surface area contributed by atoms with Gasteiger partial charge in [-0.25, -0.2) is 14.0 Å². The number of nitrogens with one attached hydrogen (secondary N) is 1. The Bertz CT molecular complexity index is 1220. The van der Waals surface area contributed by atoms with Gasteiger partial charge in [-0.2, -0.15) is 0 Å². The maximum atomic E-state index is 13.6. The number of likely N-dealkylation sites (N-methyl/N-ethyl adjacent to an activating group) is 1. The van der Waals surface area contributed by atoms with E-state index in [2.05, 4.69) is 10.2 Å². The van der Waals surface area contributed by atoms with Crippen molar-refractivity contribution >= 4 is 29.5 Å². The lowest BCUT2D eigenvalue weighted by Crippen LogP contribution is -2.56. The van der Waals surface area contributed by atoms with Crippen LogP contribution in [-0.4, -0.2) is 78.5 Å². The van der Waals surface area contributed by atoms with E-state index in [1.807, 2.05) is 6.92 Å². The van der Waals surface area contributed by atoms with E-state index in [0.717, 1.165) is 0 Å². The molecule has 8 nitrogen and oxygen atoms in total. The summed E-state index contributed by atoms with van der Waals surface area (Å²) in [4.78, 5) is 44.3. The molecule has 1 N–H and O–H groups in total. The zero-order chi connectivity index (χ0) is 26.7. The number of rotatable bonds is 6. The van der Waals surface area contributed by atoms with Crippen LogP contribution in [0, 0.1) is 5.82 Å². The molecule has 0 radical (unpaired) electrons. The molecule has 2 aliphatic heterocycles. The molecule has 10 heteroatoms. The van der Waals surface area contributed by atoms with Crippen LogP contribution in [0.4, 0.5) is 9.18 Å². The number of hydrogen-bond donors (Lipinski definition) is 1. The molecule has 0 aliphatic carbocycles. The molecule has 2 aromatic carbocycles. The summed E-state index contributed by atoms with van der Waals surface area (Å²) in [5, 5.41) is 3.44. The molecule has 0 aromatic heterocycles. The number of hydrogen-bond acceptors (Lipinski definition) is 5. The van der Waals surface area contributed by atoms with Gasteiger partial charge in [0, 0.05) is 55.6 Å². The summed E-state index contributed by atoms with van der Waals surface area (Å²) in [7, 11) is 1.62. The Morgan fingerprint density at radius 3 is 2.54 bits per heavy atom. The molecule has 196 valence electrons. The number of carbonyl (C=O) groups is 3. The van der Waals surface area contributed by atoms with E-state index in [0.29, 0.717) is 53.6 Å². The summed E-state index contributed by atoms with van der Waals surface area (Å²) in [6.07, 6.45) is 0. The number of nitrogens with zero attached hydrogens (tertiary/aromatic N) is 3. The third kappa shape index (κ3) is 5.78. The minimum Gasteiger partial charge on any atom is -0.463 e. The van der Waals surface area contributed by atoms with E-state index in [1.165, 1.54) is 23.1 Å². The summed E-state index contributed by atoms with van der Waals surface area (Å²) in [5.41, 5.74) is 1.92. The highest BCUT2D eigenvalue weighted by Gasteiger charge is 2.38. The fourth-order valence-corrected chi connectivity index (χ4v) is 4.91. The molecule has 1 fully saturated rings. The number of benzene rings is 2. The topological polar surface area (TPSA) is 82.2 Å². The van der Waals surface area contributed by atoms with Crippen LogP contribution >= 0.6 is 11.6 Å². The van der Waals surface area contributed by atoms with Crippen LogP contribution < -0.4 is 5.32 Å². The number of amides is 3. The lowest BCUT2D eigenvalue weighted by atomic mass is 9.94. The van der Waals surface area contributed by atoms with Crippen LogP contribution in [0.3, 0.4) is 0 Å².